The Kier molecular flexibility index (Phi) is 10.2. The van der Waals surface area contributed by atoms with Crippen LogP contribution in [0.5, 0.6) is 17.6 Å². The van der Waals surface area contributed by atoms with Crippen molar-refractivity contribution < 1.29 is 37.3 Å². The van der Waals surface area contributed by atoms with Crippen LogP contribution in [0.1, 0.15) is 53.7 Å². The number of benzene rings is 1. The Balaban J connectivity index is 1.13. The summed E-state index contributed by atoms with van der Waals surface area (Å²) in [5, 5.41) is 15.8. The summed E-state index contributed by atoms with van der Waals surface area (Å²) in [5.41, 5.74) is 4.22. The van der Waals surface area contributed by atoms with Gasteiger partial charge in [-0.25, -0.2) is 4.98 Å². The van der Waals surface area contributed by atoms with Crippen LogP contribution in [-0.4, -0.2) is 77.4 Å². The monoisotopic (exact) mass is 752 g/mol. The number of fused-ring (bicyclic) bond motifs is 1. The third-order valence-electron chi connectivity index (χ3n) is 10.0. The number of aromatic nitrogens is 3. The number of nitrogens with zero attached hydrogens (tertiary/aromatic N) is 4. The number of aliphatic hydroxyl groups is 1. The zero-order valence-electron chi connectivity index (χ0n) is 29.5. The van der Waals surface area contributed by atoms with Crippen LogP contribution in [-0.2, 0) is 30.5 Å². The van der Waals surface area contributed by atoms with Crippen molar-refractivity contribution in [3.05, 3.63) is 81.5 Å². The average molecular weight is 753 g/mol. The number of rotatable bonds is 12. The Morgan fingerprint density at radius 3 is 2.55 bits per heavy atom. The highest BCUT2D eigenvalue weighted by Gasteiger charge is 2.48. The smallest absolute Gasteiger partial charge is 0.421 e. The van der Waals surface area contributed by atoms with E-state index in [9.17, 15) is 23.1 Å². The summed E-state index contributed by atoms with van der Waals surface area (Å²) in [6.45, 7) is 4.78. The molecule has 1 aliphatic carbocycles. The second-order valence-corrected chi connectivity index (χ2v) is 14.4. The van der Waals surface area contributed by atoms with Gasteiger partial charge >= 0.3 is 6.18 Å². The van der Waals surface area contributed by atoms with E-state index in [0.717, 1.165) is 41.4 Å². The number of amides is 1. The number of pyridine rings is 3. The summed E-state index contributed by atoms with van der Waals surface area (Å²) in [4.78, 5) is 27.6. The lowest BCUT2D eigenvalue weighted by Crippen LogP contribution is -2.56. The molecule has 3 aliphatic rings. The summed E-state index contributed by atoms with van der Waals surface area (Å²) >= 11 is 7.07. The molecule has 5 heterocycles. The van der Waals surface area contributed by atoms with Gasteiger partial charge in [0.05, 0.1) is 36.7 Å². The van der Waals surface area contributed by atoms with E-state index in [-0.39, 0.29) is 35.9 Å². The molecule has 0 bridgehead atoms. The summed E-state index contributed by atoms with van der Waals surface area (Å²) in [6, 6.07) is 12.2. The van der Waals surface area contributed by atoms with Crippen molar-refractivity contribution in [2.24, 2.45) is 5.41 Å². The van der Waals surface area contributed by atoms with Crippen molar-refractivity contribution in [1.29, 1.82) is 0 Å². The molecule has 280 valence electrons. The van der Waals surface area contributed by atoms with E-state index < -0.39 is 29.8 Å². The van der Waals surface area contributed by atoms with E-state index in [0.29, 0.717) is 60.2 Å². The van der Waals surface area contributed by atoms with Crippen LogP contribution in [0.4, 0.5) is 13.2 Å². The molecule has 1 amide bonds. The number of halogens is 4. The number of ether oxygens (including phenoxy) is 3. The van der Waals surface area contributed by atoms with Gasteiger partial charge in [-0.2, -0.15) is 18.2 Å². The van der Waals surface area contributed by atoms with Crippen LogP contribution < -0.4 is 24.8 Å². The summed E-state index contributed by atoms with van der Waals surface area (Å²) in [6.07, 6.45) is -2.99. The molecule has 2 aliphatic heterocycles. The third kappa shape index (κ3) is 7.50. The maximum atomic E-state index is 14.3. The zero-order valence-corrected chi connectivity index (χ0v) is 30.3. The summed E-state index contributed by atoms with van der Waals surface area (Å²) in [5.74, 6) is 0.00991. The van der Waals surface area contributed by atoms with Gasteiger partial charge in [0.2, 0.25) is 23.5 Å². The minimum atomic E-state index is -4.74. The molecule has 15 heteroatoms. The highest BCUT2D eigenvalue weighted by molar-refractivity contribution is 6.35. The van der Waals surface area contributed by atoms with E-state index in [1.54, 1.807) is 26.3 Å². The number of carbonyl (C=O) groups is 1. The SMILES string of the molecule is COc1nc(-c2ccnc(-c3cccc4c3CC[C@H]4Oc3nc(OC)c(CNC[C@@H](C)O)cc3C(F)(F)F)c2Cl)ccc1CN1CC2(CNC(=O)C2)C1. The third-order valence-corrected chi connectivity index (χ3v) is 10.4. The molecule has 2 fully saturated rings. The molecule has 4 aromatic rings. The minimum Gasteiger partial charge on any atom is -0.481 e. The number of aliphatic hydroxyl groups excluding tert-OH is 1. The molecule has 53 heavy (non-hydrogen) atoms. The molecule has 2 atom stereocenters. The molecular formula is C38H40ClF3N6O5. The Hall–Kier alpha value is -4.50. The van der Waals surface area contributed by atoms with Crippen LogP contribution in [0.3, 0.4) is 0 Å². The second kappa shape index (κ2) is 14.7. The van der Waals surface area contributed by atoms with Crippen LogP contribution in [0.15, 0.2) is 48.7 Å². The highest BCUT2D eigenvalue weighted by Crippen LogP contribution is 2.46. The molecule has 2 saturated heterocycles. The quantitative estimate of drug-likeness (QED) is 0.164. The van der Waals surface area contributed by atoms with Crippen molar-refractivity contribution in [2.75, 3.05) is 40.4 Å². The van der Waals surface area contributed by atoms with E-state index >= 15 is 0 Å². The van der Waals surface area contributed by atoms with Gasteiger partial charge in [0.25, 0.3) is 0 Å². The van der Waals surface area contributed by atoms with Crippen LogP contribution in [0.2, 0.25) is 5.02 Å². The van der Waals surface area contributed by atoms with Crippen molar-refractivity contribution >= 4 is 17.5 Å². The lowest BCUT2D eigenvalue weighted by molar-refractivity contribution is -0.139. The van der Waals surface area contributed by atoms with E-state index in [1.165, 1.54) is 7.11 Å². The number of methoxy groups -OCH3 is 2. The maximum absolute atomic E-state index is 14.3. The van der Waals surface area contributed by atoms with E-state index in [4.69, 9.17) is 30.8 Å². The molecule has 3 N–H and O–H groups in total. The summed E-state index contributed by atoms with van der Waals surface area (Å²) in [7, 11) is 2.91. The lowest BCUT2D eigenvalue weighted by atomic mass is 9.79. The van der Waals surface area contributed by atoms with Gasteiger partial charge in [-0.1, -0.05) is 35.9 Å². The van der Waals surface area contributed by atoms with E-state index in [2.05, 4.69) is 25.5 Å². The van der Waals surface area contributed by atoms with Crippen molar-refractivity contribution in [3.63, 3.8) is 0 Å². The fourth-order valence-electron chi connectivity index (χ4n) is 7.61. The van der Waals surface area contributed by atoms with Gasteiger partial charge in [0, 0.05) is 79.6 Å². The standard InChI is InChI=1S/C38H40ClF3N6O5/c1-21(49)15-43-16-23-13-28(38(40,41)42)36(47-35(23)52-3)53-30-10-8-24-25(30)5-4-6-26(24)33-32(39)27(11-12-44-33)29-9-7-22(34(46-29)51-2)17-48-19-37(20-48)14-31(50)45-18-37/h4-7,9,11-13,21,30,43,49H,8,10,14-20H2,1-3H3,(H,45,50)/t21-,30-/m1/s1. The Bertz CT molecular complexity index is 2020. The maximum Gasteiger partial charge on any atom is 0.421 e. The van der Waals surface area contributed by atoms with Crippen molar-refractivity contribution in [1.82, 2.24) is 30.5 Å². The molecule has 11 nitrogen and oxygen atoms in total. The van der Waals surface area contributed by atoms with Crippen LogP contribution in [0.25, 0.3) is 22.5 Å². The molecule has 3 aromatic heterocycles. The van der Waals surface area contributed by atoms with Gasteiger partial charge in [0.15, 0.2) is 0 Å². The first-order valence-electron chi connectivity index (χ1n) is 17.4. The average Bonchev–Trinajstić information content (AvgIpc) is 3.71. The molecule has 0 saturated carbocycles. The zero-order chi connectivity index (χ0) is 37.5. The van der Waals surface area contributed by atoms with E-state index in [1.807, 2.05) is 30.3 Å². The first kappa shape index (κ1) is 36.8. The largest absolute Gasteiger partial charge is 0.481 e. The van der Waals surface area contributed by atoms with Crippen LogP contribution in [0, 0.1) is 5.41 Å². The Labute approximate surface area is 309 Å². The number of hydrogen-bond acceptors (Lipinski definition) is 10. The lowest BCUT2D eigenvalue weighted by Gasteiger charge is -2.47. The summed E-state index contributed by atoms with van der Waals surface area (Å²) < 4.78 is 60.1. The number of likely N-dealkylation sites (tertiary alicyclic amines) is 1. The van der Waals surface area contributed by atoms with Gasteiger partial charge in [-0.05, 0) is 49.1 Å². The molecule has 0 unspecified atom stereocenters. The molecular weight excluding hydrogens is 713 g/mol. The fourth-order valence-corrected chi connectivity index (χ4v) is 7.92. The first-order valence-corrected chi connectivity index (χ1v) is 17.8. The topological polar surface area (TPSA) is 131 Å². The van der Waals surface area contributed by atoms with Gasteiger partial charge < -0.3 is 30.0 Å². The molecule has 1 aromatic carbocycles. The van der Waals surface area contributed by atoms with Crippen LogP contribution >= 0.6 is 11.6 Å². The molecule has 7 rings (SSSR count). The Morgan fingerprint density at radius 2 is 1.85 bits per heavy atom. The Morgan fingerprint density at radius 1 is 1.08 bits per heavy atom. The molecule has 0 radical (unpaired) electrons. The van der Waals surface area contributed by atoms with Gasteiger partial charge in [0.1, 0.15) is 11.7 Å². The predicted octanol–water partition coefficient (Wildman–Crippen LogP) is 5.75. The second-order valence-electron chi connectivity index (χ2n) is 14.0. The number of nitrogens with one attached hydrogen (secondary N) is 2. The number of hydrogen-bond donors (Lipinski definition) is 3. The van der Waals surface area contributed by atoms with Crippen molar-refractivity contribution in [2.45, 2.75) is 57.7 Å². The van der Waals surface area contributed by atoms with Crippen molar-refractivity contribution in [3.8, 4) is 40.2 Å². The fraction of sp³-hybridized carbons (Fsp3) is 0.421. The minimum absolute atomic E-state index is 0.00242. The van der Waals surface area contributed by atoms with Gasteiger partial charge in [-0.3, -0.25) is 14.7 Å². The molecule has 1 spiro atoms. The highest BCUT2D eigenvalue weighted by atomic mass is 35.5. The predicted molar refractivity (Wildman–Crippen MR) is 191 cm³/mol. The van der Waals surface area contributed by atoms with Gasteiger partial charge in [-0.15, -0.1) is 0 Å². The normalized spacial score (nSPS) is 18.4. The number of alkyl halides is 3. The number of carbonyl (C=O) groups excluding carboxylic acids is 1. The first-order chi connectivity index (χ1) is 25.4.